The average molecular weight is 318 g/mol. The Labute approximate surface area is 135 Å². The van der Waals surface area contributed by atoms with E-state index in [1.165, 1.54) is 4.88 Å². The van der Waals surface area contributed by atoms with Gasteiger partial charge in [-0.15, -0.1) is 11.3 Å². The van der Waals surface area contributed by atoms with E-state index in [-0.39, 0.29) is 6.03 Å². The van der Waals surface area contributed by atoms with E-state index in [1.807, 2.05) is 19.1 Å². The molecular formula is C16H22N4OS. The van der Waals surface area contributed by atoms with Crippen LogP contribution in [0.3, 0.4) is 0 Å². The Morgan fingerprint density at radius 1 is 1.27 bits per heavy atom. The molecule has 0 atom stereocenters. The van der Waals surface area contributed by atoms with Crippen LogP contribution in [0.15, 0.2) is 18.3 Å². The monoisotopic (exact) mass is 318 g/mol. The number of thiazole rings is 1. The van der Waals surface area contributed by atoms with Gasteiger partial charge in [0.05, 0.1) is 10.7 Å². The van der Waals surface area contributed by atoms with Crippen molar-refractivity contribution in [3.63, 3.8) is 0 Å². The molecule has 0 saturated carbocycles. The molecule has 0 aliphatic heterocycles. The van der Waals surface area contributed by atoms with Gasteiger partial charge in [-0.1, -0.05) is 13.0 Å². The second kappa shape index (κ2) is 7.89. The molecule has 0 aliphatic carbocycles. The summed E-state index contributed by atoms with van der Waals surface area (Å²) in [7, 11) is 0. The largest absolute Gasteiger partial charge is 0.338 e. The lowest BCUT2D eigenvalue weighted by Crippen LogP contribution is -2.36. The number of nitrogens with one attached hydrogen (secondary N) is 2. The number of aromatic nitrogens is 2. The van der Waals surface area contributed by atoms with Crippen molar-refractivity contribution in [1.82, 2.24) is 20.6 Å². The summed E-state index contributed by atoms with van der Waals surface area (Å²) in [5.74, 6) is 0. The van der Waals surface area contributed by atoms with Crippen molar-refractivity contribution in [1.29, 1.82) is 0 Å². The van der Waals surface area contributed by atoms with E-state index in [2.05, 4.69) is 34.4 Å². The maximum Gasteiger partial charge on any atom is 0.315 e. The molecule has 0 fully saturated rings. The molecule has 2 amide bonds. The second-order valence-corrected chi connectivity index (χ2v) is 6.42. The van der Waals surface area contributed by atoms with Gasteiger partial charge in [0.1, 0.15) is 0 Å². The SMILES string of the molecule is CCc1nc(CCNC(=O)NCc2ccc(C)nc2)sc1C. The lowest BCUT2D eigenvalue weighted by Gasteiger charge is -2.07. The average Bonchev–Trinajstić information content (AvgIpc) is 2.87. The fourth-order valence-electron chi connectivity index (χ4n) is 2.05. The zero-order chi connectivity index (χ0) is 15.9. The van der Waals surface area contributed by atoms with Gasteiger partial charge >= 0.3 is 6.03 Å². The van der Waals surface area contributed by atoms with Crippen LogP contribution >= 0.6 is 11.3 Å². The van der Waals surface area contributed by atoms with Gasteiger partial charge in [-0.3, -0.25) is 4.98 Å². The van der Waals surface area contributed by atoms with E-state index < -0.39 is 0 Å². The minimum atomic E-state index is -0.162. The van der Waals surface area contributed by atoms with E-state index in [4.69, 9.17) is 0 Å². The van der Waals surface area contributed by atoms with Gasteiger partial charge < -0.3 is 10.6 Å². The van der Waals surface area contributed by atoms with Gasteiger partial charge in [0.2, 0.25) is 0 Å². The number of hydrogen-bond donors (Lipinski definition) is 2. The molecule has 0 aromatic carbocycles. The van der Waals surface area contributed by atoms with E-state index in [9.17, 15) is 4.79 Å². The second-order valence-electron chi connectivity index (χ2n) is 5.13. The molecule has 0 spiro atoms. The third-order valence-electron chi connectivity index (χ3n) is 3.32. The van der Waals surface area contributed by atoms with E-state index >= 15 is 0 Å². The summed E-state index contributed by atoms with van der Waals surface area (Å²) in [6.07, 6.45) is 3.51. The van der Waals surface area contributed by atoms with E-state index in [1.54, 1.807) is 17.5 Å². The van der Waals surface area contributed by atoms with Gasteiger partial charge in [-0.25, -0.2) is 9.78 Å². The van der Waals surface area contributed by atoms with Gasteiger partial charge in [0, 0.05) is 36.3 Å². The molecule has 2 aromatic heterocycles. The maximum atomic E-state index is 11.7. The molecule has 0 unspecified atom stereocenters. The van der Waals surface area contributed by atoms with Crippen molar-refractivity contribution in [2.75, 3.05) is 6.54 Å². The highest BCUT2D eigenvalue weighted by Crippen LogP contribution is 2.17. The lowest BCUT2D eigenvalue weighted by molar-refractivity contribution is 0.240. The number of pyridine rings is 1. The summed E-state index contributed by atoms with van der Waals surface area (Å²) >= 11 is 1.71. The number of aryl methyl sites for hydroxylation is 3. The van der Waals surface area contributed by atoms with E-state index in [0.717, 1.165) is 34.8 Å². The van der Waals surface area contributed by atoms with Crippen molar-refractivity contribution < 1.29 is 4.79 Å². The summed E-state index contributed by atoms with van der Waals surface area (Å²) in [4.78, 5) is 21.8. The number of carbonyl (C=O) groups excluding carboxylic acids is 1. The first kappa shape index (κ1) is 16.4. The van der Waals surface area contributed by atoms with Crippen molar-refractivity contribution in [3.8, 4) is 0 Å². The summed E-state index contributed by atoms with van der Waals surface area (Å²) in [5.41, 5.74) is 3.12. The summed E-state index contributed by atoms with van der Waals surface area (Å²) < 4.78 is 0. The smallest absolute Gasteiger partial charge is 0.315 e. The minimum absolute atomic E-state index is 0.162. The number of urea groups is 1. The molecular weight excluding hydrogens is 296 g/mol. The molecule has 2 heterocycles. The third-order valence-corrected chi connectivity index (χ3v) is 4.39. The molecule has 2 rings (SSSR count). The zero-order valence-corrected chi connectivity index (χ0v) is 14.1. The number of amides is 2. The standard InChI is InChI=1S/C16H22N4OS/c1-4-14-12(3)22-15(20-14)7-8-17-16(21)19-10-13-6-5-11(2)18-9-13/h5-6,9H,4,7-8,10H2,1-3H3,(H2,17,19,21). The van der Waals surface area contributed by atoms with Crippen LogP contribution in [-0.4, -0.2) is 22.5 Å². The van der Waals surface area contributed by atoms with E-state index in [0.29, 0.717) is 13.1 Å². The van der Waals surface area contributed by atoms with Crippen LogP contribution < -0.4 is 10.6 Å². The maximum absolute atomic E-state index is 11.7. The molecule has 0 aliphatic rings. The molecule has 2 N–H and O–H groups in total. The third kappa shape index (κ3) is 4.80. The molecule has 2 aromatic rings. The quantitative estimate of drug-likeness (QED) is 0.860. The van der Waals surface area contributed by atoms with Crippen LogP contribution in [0.2, 0.25) is 0 Å². The van der Waals surface area contributed by atoms with Crippen LogP contribution in [0.4, 0.5) is 4.79 Å². The first-order valence-corrected chi connectivity index (χ1v) is 8.28. The van der Waals surface area contributed by atoms with Crippen molar-refractivity contribution in [3.05, 3.63) is 45.2 Å². The normalized spacial score (nSPS) is 10.5. The Morgan fingerprint density at radius 3 is 2.73 bits per heavy atom. The minimum Gasteiger partial charge on any atom is -0.338 e. The molecule has 22 heavy (non-hydrogen) atoms. The Bertz CT molecular complexity index is 622. The van der Waals surface area contributed by atoms with Crippen LogP contribution in [0.1, 0.15) is 33.8 Å². The highest BCUT2D eigenvalue weighted by molar-refractivity contribution is 7.11. The van der Waals surface area contributed by atoms with Crippen LogP contribution in [0, 0.1) is 13.8 Å². The Kier molecular flexibility index (Phi) is 5.89. The van der Waals surface area contributed by atoms with Crippen LogP contribution in [0.5, 0.6) is 0 Å². The fraction of sp³-hybridized carbons (Fsp3) is 0.438. The van der Waals surface area contributed by atoms with Crippen molar-refractivity contribution in [2.24, 2.45) is 0 Å². The zero-order valence-electron chi connectivity index (χ0n) is 13.3. The predicted molar refractivity (Wildman–Crippen MR) is 89.1 cm³/mol. The molecule has 0 radical (unpaired) electrons. The fourth-order valence-corrected chi connectivity index (χ4v) is 3.07. The van der Waals surface area contributed by atoms with Gasteiger partial charge in [0.25, 0.3) is 0 Å². The van der Waals surface area contributed by atoms with Gasteiger partial charge in [-0.2, -0.15) is 0 Å². The Balaban J connectivity index is 1.70. The van der Waals surface area contributed by atoms with Gasteiger partial charge in [-0.05, 0) is 31.9 Å². The van der Waals surface area contributed by atoms with Crippen molar-refractivity contribution in [2.45, 2.75) is 40.2 Å². The molecule has 6 heteroatoms. The Hall–Kier alpha value is -1.95. The molecule has 118 valence electrons. The van der Waals surface area contributed by atoms with Crippen molar-refractivity contribution >= 4 is 17.4 Å². The number of hydrogen-bond acceptors (Lipinski definition) is 4. The number of carbonyl (C=O) groups is 1. The molecule has 5 nitrogen and oxygen atoms in total. The highest BCUT2D eigenvalue weighted by Gasteiger charge is 2.06. The first-order chi connectivity index (χ1) is 10.6. The summed E-state index contributed by atoms with van der Waals surface area (Å²) in [6.45, 7) is 7.21. The number of nitrogens with zero attached hydrogens (tertiary/aromatic N) is 2. The molecule has 0 saturated heterocycles. The lowest BCUT2D eigenvalue weighted by atomic mass is 10.2. The highest BCUT2D eigenvalue weighted by atomic mass is 32.1. The first-order valence-electron chi connectivity index (χ1n) is 7.47. The van der Waals surface area contributed by atoms with Gasteiger partial charge in [0.15, 0.2) is 0 Å². The van der Waals surface area contributed by atoms with Crippen LogP contribution in [0.25, 0.3) is 0 Å². The summed E-state index contributed by atoms with van der Waals surface area (Å²) in [5, 5.41) is 6.76. The molecule has 0 bridgehead atoms. The predicted octanol–water partition coefficient (Wildman–Crippen LogP) is 2.76. The Morgan fingerprint density at radius 2 is 2.09 bits per heavy atom. The number of rotatable bonds is 6. The van der Waals surface area contributed by atoms with Crippen LogP contribution in [-0.2, 0) is 19.4 Å². The summed E-state index contributed by atoms with van der Waals surface area (Å²) in [6, 6.07) is 3.74. The topological polar surface area (TPSA) is 66.9 Å².